The molecule has 0 aliphatic rings. The van der Waals surface area contributed by atoms with Gasteiger partial charge in [0.05, 0.1) is 11.3 Å². The van der Waals surface area contributed by atoms with Crippen LogP contribution < -0.4 is 10.1 Å². The zero-order valence-corrected chi connectivity index (χ0v) is 13.2. The van der Waals surface area contributed by atoms with Crippen LogP contribution in [-0.2, 0) is 11.0 Å². The van der Waals surface area contributed by atoms with Gasteiger partial charge in [-0.2, -0.15) is 13.2 Å². The average molecular weight is 345 g/mol. The van der Waals surface area contributed by atoms with Crippen molar-refractivity contribution < 1.29 is 22.7 Å². The maximum absolute atomic E-state index is 13.3. The molecule has 6 heteroatoms. The molecule has 0 atom stereocenters. The SMILES string of the molecule is CC(=O)Nc1ccc(Oc2cccc3ccccc23)cc1C(F)(F)F. The molecule has 0 aliphatic carbocycles. The van der Waals surface area contributed by atoms with E-state index in [1.807, 2.05) is 30.3 Å². The lowest BCUT2D eigenvalue weighted by atomic mass is 10.1. The molecule has 3 rings (SSSR count). The fraction of sp³-hybridized carbons (Fsp3) is 0.105. The van der Waals surface area contributed by atoms with E-state index in [1.165, 1.54) is 12.1 Å². The van der Waals surface area contributed by atoms with Crippen LogP contribution in [0.2, 0.25) is 0 Å². The molecule has 3 aromatic carbocycles. The van der Waals surface area contributed by atoms with Crippen molar-refractivity contribution in [1.29, 1.82) is 0 Å². The number of carbonyl (C=O) groups is 1. The van der Waals surface area contributed by atoms with Crippen LogP contribution in [0.15, 0.2) is 60.7 Å². The first-order valence-corrected chi connectivity index (χ1v) is 7.49. The van der Waals surface area contributed by atoms with Crippen molar-refractivity contribution in [2.75, 3.05) is 5.32 Å². The highest BCUT2D eigenvalue weighted by atomic mass is 19.4. The Labute approximate surface area is 142 Å². The molecule has 3 nitrogen and oxygen atoms in total. The minimum Gasteiger partial charge on any atom is -0.457 e. The third-order valence-electron chi connectivity index (χ3n) is 3.58. The van der Waals surface area contributed by atoms with Gasteiger partial charge >= 0.3 is 6.18 Å². The van der Waals surface area contributed by atoms with Crippen LogP contribution in [-0.4, -0.2) is 5.91 Å². The summed E-state index contributed by atoms with van der Waals surface area (Å²) in [7, 11) is 0. The second kappa shape index (κ2) is 6.47. The quantitative estimate of drug-likeness (QED) is 0.670. The monoisotopic (exact) mass is 345 g/mol. The van der Waals surface area contributed by atoms with E-state index in [9.17, 15) is 18.0 Å². The van der Waals surface area contributed by atoms with Gasteiger partial charge in [-0.3, -0.25) is 4.79 Å². The average Bonchev–Trinajstić information content (AvgIpc) is 2.55. The second-order valence-electron chi connectivity index (χ2n) is 5.47. The number of nitrogens with one attached hydrogen (secondary N) is 1. The lowest BCUT2D eigenvalue weighted by Gasteiger charge is -2.15. The first kappa shape index (κ1) is 16.8. The molecule has 0 bridgehead atoms. The summed E-state index contributed by atoms with van der Waals surface area (Å²) in [5.74, 6) is -0.0792. The Morgan fingerprint density at radius 3 is 2.44 bits per heavy atom. The molecule has 0 saturated heterocycles. The predicted octanol–water partition coefficient (Wildman–Crippen LogP) is 5.61. The van der Waals surface area contributed by atoms with E-state index in [2.05, 4.69) is 5.32 Å². The Bertz CT molecular complexity index is 930. The topological polar surface area (TPSA) is 38.3 Å². The highest BCUT2D eigenvalue weighted by Gasteiger charge is 2.34. The summed E-state index contributed by atoms with van der Waals surface area (Å²) in [4.78, 5) is 11.1. The van der Waals surface area contributed by atoms with E-state index in [0.29, 0.717) is 5.75 Å². The number of fused-ring (bicyclic) bond motifs is 1. The standard InChI is InChI=1S/C19H14F3NO2/c1-12(24)23-17-10-9-14(11-16(17)19(20,21)22)25-18-8-4-6-13-5-2-3-7-15(13)18/h2-11H,1H3,(H,23,24). The molecule has 0 unspecified atom stereocenters. The van der Waals surface area contributed by atoms with Crippen molar-refractivity contribution >= 4 is 22.4 Å². The highest BCUT2D eigenvalue weighted by molar-refractivity contribution is 5.90. The van der Waals surface area contributed by atoms with E-state index in [-0.39, 0.29) is 11.4 Å². The zero-order chi connectivity index (χ0) is 18.0. The van der Waals surface area contributed by atoms with Crippen molar-refractivity contribution in [1.82, 2.24) is 0 Å². The lowest BCUT2D eigenvalue weighted by Crippen LogP contribution is -2.14. The van der Waals surface area contributed by atoms with E-state index < -0.39 is 17.6 Å². The molecule has 25 heavy (non-hydrogen) atoms. The number of rotatable bonds is 3. The molecule has 3 aromatic rings. The normalized spacial score (nSPS) is 11.4. The molecule has 128 valence electrons. The molecule has 0 saturated carbocycles. The number of ether oxygens (including phenoxy) is 1. The molecule has 0 fully saturated rings. The predicted molar refractivity (Wildman–Crippen MR) is 89.8 cm³/mol. The fourth-order valence-corrected chi connectivity index (χ4v) is 2.53. The van der Waals surface area contributed by atoms with Gasteiger partial charge in [-0.05, 0) is 29.7 Å². The van der Waals surface area contributed by atoms with E-state index in [4.69, 9.17) is 4.74 Å². The van der Waals surface area contributed by atoms with E-state index in [1.54, 1.807) is 12.1 Å². The number of anilines is 1. The van der Waals surface area contributed by atoms with Crippen molar-refractivity contribution in [3.63, 3.8) is 0 Å². The minimum absolute atomic E-state index is 0.0396. The first-order chi connectivity index (χ1) is 11.8. The Balaban J connectivity index is 2.01. The Morgan fingerprint density at radius 1 is 1.00 bits per heavy atom. The second-order valence-corrected chi connectivity index (χ2v) is 5.47. The van der Waals surface area contributed by atoms with Crippen LogP contribution in [0, 0.1) is 0 Å². The molecular formula is C19H14F3NO2. The third-order valence-corrected chi connectivity index (χ3v) is 3.58. The lowest BCUT2D eigenvalue weighted by molar-refractivity contribution is -0.137. The van der Waals surface area contributed by atoms with E-state index in [0.717, 1.165) is 23.8 Å². The highest BCUT2D eigenvalue weighted by Crippen LogP contribution is 2.39. The summed E-state index contributed by atoms with van der Waals surface area (Å²) in [6, 6.07) is 16.2. The van der Waals surface area contributed by atoms with Crippen molar-refractivity contribution in [2.45, 2.75) is 13.1 Å². The molecule has 0 aliphatic heterocycles. The Kier molecular flexibility index (Phi) is 4.35. The summed E-state index contributed by atoms with van der Waals surface area (Å²) in [5, 5.41) is 3.90. The van der Waals surface area contributed by atoms with E-state index >= 15 is 0 Å². The maximum Gasteiger partial charge on any atom is 0.418 e. The number of alkyl halides is 3. The van der Waals surface area contributed by atoms with Gasteiger partial charge in [0, 0.05) is 12.3 Å². The summed E-state index contributed by atoms with van der Waals surface area (Å²) >= 11 is 0. The van der Waals surface area contributed by atoms with Crippen molar-refractivity contribution in [2.24, 2.45) is 0 Å². The number of hydrogen-bond acceptors (Lipinski definition) is 2. The summed E-state index contributed by atoms with van der Waals surface area (Å²) in [6.45, 7) is 1.15. The van der Waals surface area contributed by atoms with Crippen LogP contribution in [0.1, 0.15) is 12.5 Å². The Morgan fingerprint density at radius 2 is 1.72 bits per heavy atom. The smallest absolute Gasteiger partial charge is 0.418 e. The number of halogens is 3. The zero-order valence-electron chi connectivity index (χ0n) is 13.2. The summed E-state index contributed by atoms with van der Waals surface area (Å²) < 4.78 is 45.5. The van der Waals surface area contributed by atoms with Gasteiger partial charge in [0.15, 0.2) is 0 Å². The molecule has 1 amide bonds. The van der Waals surface area contributed by atoms with Crippen LogP contribution in [0.3, 0.4) is 0 Å². The van der Waals surface area contributed by atoms with Crippen LogP contribution in [0.4, 0.5) is 18.9 Å². The van der Waals surface area contributed by atoms with Gasteiger partial charge in [-0.25, -0.2) is 0 Å². The molecule has 0 heterocycles. The molecular weight excluding hydrogens is 331 g/mol. The maximum atomic E-state index is 13.3. The van der Waals surface area contributed by atoms with Gasteiger partial charge in [0.1, 0.15) is 11.5 Å². The Hall–Kier alpha value is -3.02. The third kappa shape index (κ3) is 3.74. The van der Waals surface area contributed by atoms with Gasteiger partial charge < -0.3 is 10.1 Å². The van der Waals surface area contributed by atoms with Crippen LogP contribution >= 0.6 is 0 Å². The molecule has 0 aromatic heterocycles. The van der Waals surface area contributed by atoms with Gasteiger partial charge in [0.2, 0.25) is 5.91 Å². The van der Waals surface area contributed by atoms with Crippen molar-refractivity contribution in [3.05, 3.63) is 66.2 Å². The molecule has 0 radical (unpaired) electrons. The first-order valence-electron chi connectivity index (χ1n) is 7.49. The van der Waals surface area contributed by atoms with Gasteiger partial charge in [-0.1, -0.05) is 36.4 Å². The van der Waals surface area contributed by atoms with Gasteiger partial charge in [-0.15, -0.1) is 0 Å². The number of benzene rings is 3. The molecule has 0 spiro atoms. The number of carbonyl (C=O) groups excluding carboxylic acids is 1. The summed E-state index contributed by atoms with van der Waals surface area (Å²) in [6.07, 6.45) is -4.62. The molecule has 1 N–H and O–H groups in total. The van der Waals surface area contributed by atoms with Gasteiger partial charge in [0.25, 0.3) is 0 Å². The largest absolute Gasteiger partial charge is 0.457 e. The fourth-order valence-electron chi connectivity index (χ4n) is 2.53. The van der Waals surface area contributed by atoms with Crippen LogP contribution in [0.25, 0.3) is 10.8 Å². The number of hydrogen-bond donors (Lipinski definition) is 1. The number of amides is 1. The summed E-state index contributed by atoms with van der Waals surface area (Å²) in [5.41, 5.74) is -1.26. The minimum atomic E-state index is -4.62. The van der Waals surface area contributed by atoms with Crippen LogP contribution in [0.5, 0.6) is 11.5 Å². The van der Waals surface area contributed by atoms with Crippen molar-refractivity contribution in [3.8, 4) is 11.5 Å².